The minimum atomic E-state index is 0.309. The number of nitrogens with zero attached hydrogens (tertiary/aromatic N) is 1. The Morgan fingerprint density at radius 1 is 1.80 bits per heavy atom. The summed E-state index contributed by atoms with van der Waals surface area (Å²) in [6.45, 7) is 0.309. The van der Waals surface area contributed by atoms with Crippen LogP contribution in [-0.4, -0.2) is 21.7 Å². The normalized spacial score (nSPS) is 30.5. The molecule has 3 heteroatoms. The van der Waals surface area contributed by atoms with Crippen molar-refractivity contribution in [2.45, 2.75) is 12.3 Å². The molecule has 0 amide bonds. The number of nitrogens with one attached hydrogen (secondary N) is 1. The highest BCUT2D eigenvalue weighted by molar-refractivity contribution is 5.14. The Hall–Kier alpha value is -0.830. The first-order valence-corrected chi connectivity index (χ1v) is 3.51. The molecule has 0 saturated heterocycles. The summed E-state index contributed by atoms with van der Waals surface area (Å²) >= 11 is 0. The van der Waals surface area contributed by atoms with E-state index < -0.39 is 0 Å². The van der Waals surface area contributed by atoms with Gasteiger partial charge in [-0.1, -0.05) is 0 Å². The van der Waals surface area contributed by atoms with Crippen molar-refractivity contribution in [3.05, 3.63) is 18.2 Å². The fourth-order valence-electron chi connectivity index (χ4n) is 1.30. The van der Waals surface area contributed by atoms with Gasteiger partial charge >= 0.3 is 0 Å². The molecule has 2 rings (SSSR count). The van der Waals surface area contributed by atoms with Crippen LogP contribution in [-0.2, 0) is 0 Å². The molecule has 54 valence electrons. The average molecular weight is 138 g/mol. The van der Waals surface area contributed by atoms with Crippen molar-refractivity contribution in [1.82, 2.24) is 9.97 Å². The molecule has 2 N–H and O–H groups in total. The van der Waals surface area contributed by atoms with E-state index in [1.54, 1.807) is 6.33 Å². The summed E-state index contributed by atoms with van der Waals surface area (Å²) in [6, 6.07) is 0. The summed E-state index contributed by atoms with van der Waals surface area (Å²) in [4.78, 5) is 6.96. The van der Waals surface area contributed by atoms with Gasteiger partial charge in [0.05, 0.1) is 6.33 Å². The smallest absolute Gasteiger partial charge is 0.0921 e. The molecule has 0 radical (unpaired) electrons. The van der Waals surface area contributed by atoms with Crippen LogP contribution in [0.15, 0.2) is 12.5 Å². The number of rotatable bonds is 2. The molecule has 0 bridgehead atoms. The number of aromatic nitrogens is 2. The van der Waals surface area contributed by atoms with Crippen LogP contribution in [0.5, 0.6) is 0 Å². The number of aromatic amines is 1. The molecule has 1 aliphatic carbocycles. The SMILES string of the molecule is OC[C@@H]1C[C@@H]1c1cnc[nH]1. The zero-order valence-corrected chi connectivity index (χ0v) is 5.62. The van der Waals surface area contributed by atoms with Crippen molar-refractivity contribution in [3.8, 4) is 0 Å². The maximum atomic E-state index is 8.74. The van der Waals surface area contributed by atoms with E-state index in [-0.39, 0.29) is 0 Å². The molecule has 10 heavy (non-hydrogen) atoms. The van der Waals surface area contributed by atoms with Crippen molar-refractivity contribution in [2.75, 3.05) is 6.61 Å². The summed E-state index contributed by atoms with van der Waals surface area (Å²) in [5.41, 5.74) is 1.17. The number of H-pyrrole nitrogens is 1. The Labute approximate surface area is 59.1 Å². The van der Waals surface area contributed by atoms with Gasteiger partial charge in [0.15, 0.2) is 0 Å². The van der Waals surface area contributed by atoms with Crippen molar-refractivity contribution in [1.29, 1.82) is 0 Å². The van der Waals surface area contributed by atoms with Crippen LogP contribution in [0.2, 0.25) is 0 Å². The number of imidazole rings is 1. The van der Waals surface area contributed by atoms with Crippen LogP contribution in [0, 0.1) is 5.92 Å². The Kier molecular flexibility index (Phi) is 1.24. The maximum absolute atomic E-state index is 8.74. The Morgan fingerprint density at radius 3 is 3.20 bits per heavy atom. The second-order valence-electron chi connectivity index (χ2n) is 2.79. The van der Waals surface area contributed by atoms with Crippen LogP contribution in [0.4, 0.5) is 0 Å². The number of hydrogen-bond donors (Lipinski definition) is 2. The van der Waals surface area contributed by atoms with Gasteiger partial charge in [0, 0.05) is 24.4 Å². The third-order valence-electron chi connectivity index (χ3n) is 2.08. The highest BCUT2D eigenvalue weighted by Gasteiger charge is 2.38. The van der Waals surface area contributed by atoms with Gasteiger partial charge in [-0.25, -0.2) is 4.98 Å². The highest BCUT2D eigenvalue weighted by Crippen LogP contribution is 2.45. The van der Waals surface area contributed by atoms with Gasteiger partial charge in [-0.15, -0.1) is 0 Å². The fourth-order valence-corrected chi connectivity index (χ4v) is 1.30. The first kappa shape index (κ1) is 5.92. The predicted molar refractivity (Wildman–Crippen MR) is 36.5 cm³/mol. The molecule has 1 aromatic rings. The van der Waals surface area contributed by atoms with Crippen LogP contribution < -0.4 is 0 Å². The van der Waals surface area contributed by atoms with Crippen molar-refractivity contribution < 1.29 is 5.11 Å². The second-order valence-corrected chi connectivity index (χ2v) is 2.79. The molecule has 1 aliphatic rings. The lowest BCUT2D eigenvalue weighted by atomic mass is 10.2. The van der Waals surface area contributed by atoms with Crippen molar-refractivity contribution >= 4 is 0 Å². The molecule has 0 aromatic carbocycles. The van der Waals surface area contributed by atoms with E-state index in [2.05, 4.69) is 9.97 Å². The van der Waals surface area contributed by atoms with Gasteiger partial charge in [-0.2, -0.15) is 0 Å². The molecular weight excluding hydrogens is 128 g/mol. The van der Waals surface area contributed by atoms with E-state index >= 15 is 0 Å². The van der Waals surface area contributed by atoms with E-state index in [0.29, 0.717) is 18.4 Å². The quantitative estimate of drug-likeness (QED) is 0.625. The first-order valence-electron chi connectivity index (χ1n) is 3.51. The minimum absolute atomic E-state index is 0.309. The zero-order chi connectivity index (χ0) is 6.97. The zero-order valence-electron chi connectivity index (χ0n) is 5.62. The monoisotopic (exact) mass is 138 g/mol. The molecule has 1 fully saturated rings. The topological polar surface area (TPSA) is 48.9 Å². The molecule has 0 spiro atoms. The van der Waals surface area contributed by atoms with Crippen LogP contribution in [0.3, 0.4) is 0 Å². The van der Waals surface area contributed by atoms with Crippen molar-refractivity contribution in [3.63, 3.8) is 0 Å². The van der Waals surface area contributed by atoms with Gasteiger partial charge in [-0.3, -0.25) is 0 Å². The predicted octanol–water partition coefficient (Wildman–Crippen LogP) is 0.505. The Morgan fingerprint density at radius 2 is 2.70 bits per heavy atom. The standard InChI is InChI=1S/C7H10N2O/c10-3-5-1-6(5)7-2-8-4-9-7/h2,4-6,10H,1,3H2,(H,8,9)/t5-,6-/m0/s1. The van der Waals surface area contributed by atoms with Crippen LogP contribution in [0.25, 0.3) is 0 Å². The van der Waals surface area contributed by atoms with E-state index in [1.165, 1.54) is 5.69 Å². The third-order valence-corrected chi connectivity index (χ3v) is 2.08. The largest absolute Gasteiger partial charge is 0.396 e. The first-order chi connectivity index (χ1) is 4.92. The molecule has 1 aromatic heterocycles. The van der Waals surface area contributed by atoms with Crippen LogP contribution in [0.1, 0.15) is 18.0 Å². The minimum Gasteiger partial charge on any atom is -0.396 e. The lowest BCUT2D eigenvalue weighted by molar-refractivity contribution is 0.273. The lowest BCUT2D eigenvalue weighted by Gasteiger charge is -1.89. The number of aliphatic hydroxyl groups excluding tert-OH is 1. The van der Waals surface area contributed by atoms with Gasteiger partial charge < -0.3 is 10.1 Å². The highest BCUT2D eigenvalue weighted by atomic mass is 16.3. The maximum Gasteiger partial charge on any atom is 0.0921 e. The van der Waals surface area contributed by atoms with Gasteiger partial charge in [-0.05, 0) is 12.3 Å². The summed E-state index contributed by atoms with van der Waals surface area (Å²) in [5.74, 6) is 1.04. The molecule has 1 heterocycles. The Balaban J connectivity index is 2.05. The van der Waals surface area contributed by atoms with E-state index in [0.717, 1.165) is 6.42 Å². The van der Waals surface area contributed by atoms with Gasteiger partial charge in [0.1, 0.15) is 0 Å². The second kappa shape index (κ2) is 2.09. The molecule has 3 nitrogen and oxygen atoms in total. The van der Waals surface area contributed by atoms with Crippen LogP contribution >= 0.6 is 0 Å². The lowest BCUT2D eigenvalue weighted by Crippen LogP contribution is -1.87. The van der Waals surface area contributed by atoms with E-state index in [4.69, 9.17) is 5.11 Å². The molecule has 0 unspecified atom stereocenters. The van der Waals surface area contributed by atoms with E-state index in [9.17, 15) is 0 Å². The molecule has 1 saturated carbocycles. The fraction of sp³-hybridized carbons (Fsp3) is 0.571. The van der Waals surface area contributed by atoms with Crippen molar-refractivity contribution in [2.24, 2.45) is 5.92 Å². The molecule has 0 aliphatic heterocycles. The third kappa shape index (κ3) is 0.827. The Bertz CT molecular complexity index is 207. The summed E-state index contributed by atoms with van der Waals surface area (Å²) in [6.07, 6.45) is 4.63. The summed E-state index contributed by atoms with van der Waals surface area (Å²) < 4.78 is 0. The summed E-state index contributed by atoms with van der Waals surface area (Å²) in [7, 11) is 0. The number of hydrogen-bond acceptors (Lipinski definition) is 2. The average Bonchev–Trinajstić information content (AvgIpc) is 2.56. The molecular formula is C7H10N2O. The van der Waals surface area contributed by atoms with Gasteiger partial charge in [0.25, 0.3) is 0 Å². The van der Waals surface area contributed by atoms with Gasteiger partial charge in [0.2, 0.25) is 0 Å². The molecule has 2 atom stereocenters. The number of aliphatic hydroxyl groups is 1. The summed E-state index contributed by atoms with van der Waals surface area (Å²) in [5, 5.41) is 8.74. The van der Waals surface area contributed by atoms with E-state index in [1.807, 2.05) is 6.20 Å².